The van der Waals surface area contributed by atoms with Gasteiger partial charge in [-0.1, -0.05) is 6.07 Å². The zero-order valence-corrected chi connectivity index (χ0v) is 14.5. The van der Waals surface area contributed by atoms with Gasteiger partial charge in [0.15, 0.2) is 0 Å². The van der Waals surface area contributed by atoms with Crippen molar-refractivity contribution in [3.63, 3.8) is 0 Å². The number of hydrogen-bond donors (Lipinski definition) is 2. The summed E-state index contributed by atoms with van der Waals surface area (Å²) < 4.78 is 29.7. The first kappa shape index (κ1) is 15.7. The number of aryl methyl sites for hydroxylation is 1. The van der Waals surface area contributed by atoms with E-state index >= 15 is 0 Å². The average Bonchev–Trinajstić information content (AvgIpc) is 3.16. The predicted molar refractivity (Wildman–Crippen MR) is 93.7 cm³/mol. The minimum absolute atomic E-state index is 0.139. The number of hydrogen-bond acceptors (Lipinski definition) is 4. The molecule has 0 bridgehead atoms. The summed E-state index contributed by atoms with van der Waals surface area (Å²) in [7, 11) is -3.75. The number of aromatic nitrogens is 3. The summed E-state index contributed by atoms with van der Waals surface area (Å²) in [6.07, 6.45) is 7.76. The Bertz CT molecular complexity index is 1100. The normalized spacial score (nSPS) is 15.0. The maximum absolute atomic E-state index is 12.7. The SMILES string of the molecule is Cc1ccc(NS(=O)(=O)c2cnn(C3CCC3)c2)c2[nH]cc(C#N)c12. The van der Waals surface area contributed by atoms with Crippen LogP contribution in [0.5, 0.6) is 0 Å². The van der Waals surface area contributed by atoms with Crippen molar-refractivity contribution in [2.24, 2.45) is 0 Å². The van der Waals surface area contributed by atoms with Crippen LogP contribution in [0.2, 0.25) is 0 Å². The van der Waals surface area contributed by atoms with Gasteiger partial charge in [-0.2, -0.15) is 10.4 Å². The van der Waals surface area contributed by atoms with E-state index in [-0.39, 0.29) is 4.90 Å². The van der Waals surface area contributed by atoms with Crippen molar-refractivity contribution < 1.29 is 8.42 Å². The Balaban J connectivity index is 1.70. The molecule has 1 fully saturated rings. The van der Waals surface area contributed by atoms with E-state index in [1.54, 1.807) is 29.2 Å². The first-order valence-electron chi connectivity index (χ1n) is 8.07. The quantitative estimate of drug-likeness (QED) is 0.750. The Morgan fingerprint density at radius 3 is 2.88 bits per heavy atom. The van der Waals surface area contributed by atoms with Gasteiger partial charge >= 0.3 is 0 Å². The monoisotopic (exact) mass is 355 g/mol. The summed E-state index contributed by atoms with van der Waals surface area (Å²) in [6.45, 7) is 1.89. The Morgan fingerprint density at radius 2 is 2.20 bits per heavy atom. The van der Waals surface area contributed by atoms with Crippen LogP contribution in [-0.2, 0) is 10.0 Å². The van der Waals surface area contributed by atoms with Gasteiger partial charge in [-0.05, 0) is 37.8 Å². The molecule has 3 aromatic rings. The van der Waals surface area contributed by atoms with Crippen molar-refractivity contribution in [2.75, 3.05) is 4.72 Å². The summed E-state index contributed by atoms with van der Waals surface area (Å²) in [5, 5.41) is 14.1. The molecule has 25 heavy (non-hydrogen) atoms. The van der Waals surface area contributed by atoms with E-state index in [1.807, 2.05) is 6.92 Å². The standard InChI is InChI=1S/C17H17N5O2S/c1-11-5-6-15(17-16(11)12(7-18)8-19-17)21-25(23,24)14-9-20-22(10-14)13-3-2-4-13/h5-6,8-10,13,19,21H,2-4H2,1H3. The lowest BCUT2D eigenvalue weighted by Gasteiger charge is -2.25. The van der Waals surface area contributed by atoms with Gasteiger partial charge in [-0.15, -0.1) is 0 Å². The maximum atomic E-state index is 12.7. The number of fused-ring (bicyclic) bond motifs is 1. The van der Waals surface area contributed by atoms with Crippen LogP contribution < -0.4 is 4.72 Å². The zero-order valence-electron chi connectivity index (χ0n) is 13.7. The molecule has 1 saturated carbocycles. The van der Waals surface area contributed by atoms with Gasteiger partial charge in [-0.25, -0.2) is 8.42 Å². The fourth-order valence-corrected chi connectivity index (χ4v) is 4.12. The number of nitrogens with zero attached hydrogens (tertiary/aromatic N) is 3. The Labute approximate surface area is 145 Å². The van der Waals surface area contributed by atoms with E-state index in [4.69, 9.17) is 0 Å². The van der Waals surface area contributed by atoms with Gasteiger partial charge in [-0.3, -0.25) is 9.40 Å². The minimum Gasteiger partial charge on any atom is -0.358 e. The first-order valence-corrected chi connectivity index (χ1v) is 9.55. The second kappa shape index (κ2) is 5.63. The summed E-state index contributed by atoms with van der Waals surface area (Å²) in [4.78, 5) is 3.13. The highest BCUT2D eigenvalue weighted by molar-refractivity contribution is 7.92. The fourth-order valence-electron chi connectivity index (χ4n) is 3.11. The van der Waals surface area contributed by atoms with Crippen LogP contribution in [0.4, 0.5) is 5.69 Å². The molecule has 128 valence electrons. The van der Waals surface area contributed by atoms with Crippen LogP contribution >= 0.6 is 0 Å². The van der Waals surface area contributed by atoms with E-state index in [2.05, 4.69) is 20.9 Å². The molecule has 2 heterocycles. The third-order valence-electron chi connectivity index (χ3n) is 4.75. The van der Waals surface area contributed by atoms with Gasteiger partial charge in [0.1, 0.15) is 11.0 Å². The van der Waals surface area contributed by atoms with Gasteiger partial charge < -0.3 is 4.98 Å². The number of anilines is 1. The van der Waals surface area contributed by atoms with Crippen LogP contribution in [0.3, 0.4) is 0 Å². The van der Waals surface area contributed by atoms with Crippen molar-refractivity contribution in [3.8, 4) is 6.07 Å². The molecular weight excluding hydrogens is 338 g/mol. The molecule has 1 aliphatic rings. The van der Waals surface area contributed by atoms with Gasteiger partial charge in [0.2, 0.25) is 0 Å². The molecule has 0 amide bonds. The first-order chi connectivity index (χ1) is 12.0. The molecule has 0 radical (unpaired) electrons. The Hall–Kier alpha value is -2.79. The number of sulfonamides is 1. The zero-order chi connectivity index (χ0) is 17.6. The van der Waals surface area contributed by atoms with Gasteiger partial charge in [0, 0.05) is 17.8 Å². The lowest BCUT2D eigenvalue weighted by Crippen LogP contribution is -2.17. The van der Waals surface area contributed by atoms with E-state index in [0.717, 1.165) is 30.2 Å². The Kier molecular flexibility index (Phi) is 3.54. The molecular formula is C17H17N5O2S. The van der Waals surface area contributed by atoms with Crippen molar-refractivity contribution in [1.82, 2.24) is 14.8 Å². The van der Waals surface area contributed by atoms with Crippen LogP contribution in [0, 0.1) is 18.3 Å². The third kappa shape index (κ3) is 2.57. The summed E-state index contributed by atoms with van der Waals surface area (Å²) in [5.41, 5.74) is 2.42. The van der Waals surface area contributed by atoms with Crippen molar-refractivity contribution in [3.05, 3.63) is 41.9 Å². The summed E-state index contributed by atoms with van der Waals surface area (Å²) in [5.74, 6) is 0. The van der Waals surface area contributed by atoms with Crippen molar-refractivity contribution >= 4 is 26.6 Å². The molecule has 8 heteroatoms. The Morgan fingerprint density at radius 1 is 1.40 bits per heavy atom. The van der Waals surface area contributed by atoms with Crippen molar-refractivity contribution in [1.29, 1.82) is 5.26 Å². The minimum atomic E-state index is -3.75. The van der Waals surface area contributed by atoms with Gasteiger partial charge in [0.05, 0.1) is 29.0 Å². The van der Waals surface area contributed by atoms with Crippen LogP contribution in [-0.4, -0.2) is 23.2 Å². The number of nitriles is 1. The molecule has 0 atom stereocenters. The molecule has 1 aromatic carbocycles. The molecule has 0 aliphatic heterocycles. The predicted octanol–water partition coefficient (Wildman–Crippen LogP) is 3.07. The summed E-state index contributed by atoms with van der Waals surface area (Å²) >= 11 is 0. The number of aromatic amines is 1. The van der Waals surface area contributed by atoms with E-state index in [0.29, 0.717) is 22.8 Å². The molecule has 7 nitrogen and oxygen atoms in total. The van der Waals surface area contributed by atoms with Crippen LogP contribution in [0.15, 0.2) is 35.6 Å². The number of rotatable bonds is 4. The number of H-pyrrole nitrogens is 1. The molecule has 0 unspecified atom stereocenters. The summed E-state index contributed by atoms with van der Waals surface area (Å²) in [6, 6.07) is 5.92. The van der Waals surface area contributed by atoms with Gasteiger partial charge in [0.25, 0.3) is 10.0 Å². The topological polar surface area (TPSA) is 104 Å². The second-order valence-electron chi connectivity index (χ2n) is 6.34. The average molecular weight is 355 g/mol. The highest BCUT2D eigenvalue weighted by Gasteiger charge is 2.24. The molecule has 1 aliphatic carbocycles. The lowest BCUT2D eigenvalue weighted by atomic mass is 9.93. The maximum Gasteiger partial charge on any atom is 0.265 e. The number of benzene rings is 1. The molecule has 0 saturated heterocycles. The third-order valence-corrected chi connectivity index (χ3v) is 6.07. The highest BCUT2D eigenvalue weighted by Crippen LogP contribution is 2.32. The van der Waals surface area contributed by atoms with E-state index < -0.39 is 10.0 Å². The van der Waals surface area contributed by atoms with E-state index in [9.17, 15) is 13.7 Å². The van der Waals surface area contributed by atoms with Crippen LogP contribution in [0.25, 0.3) is 10.9 Å². The largest absolute Gasteiger partial charge is 0.358 e. The van der Waals surface area contributed by atoms with Crippen molar-refractivity contribution in [2.45, 2.75) is 37.1 Å². The van der Waals surface area contributed by atoms with E-state index in [1.165, 1.54) is 6.20 Å². The smallest absolute Gasteiger partial charge is 0.265 e. The second-order valence-corrected chi connectivity index (χ2v) is 8.02. The van der Waals surface area contributed by atoms with Crippen LogP contribution in [0.1, 0.15) is 36.4 Å². The lowest BCUT2D eigenvalue weighted by molar-refractivity contribution is 0.289. The molecule has 2 N–H and O–H groups in total. The highest BCUT2D eigenvalue weighted by atomic mass is 32.2. The molecule has 2 aromatic heterocycles. The molecule has 4 rings (SSSR count). The fraction of sp³-hybridized carbons (Fsp3) is 0.294. The number of nitrogens with one attached hydrogen (secondary N) is 2. The molecule has 0 spiro atoms.